The number of carbonyl (C=O) groups excluding carboxylic acids is 3. The number of aliphatic hydroxyl groups excluding tert-OH is 1. The molecule has 0 fully saturated rings. The minimum absolute atomic E-state index is 0.0746. The number of nitrogens with one attached hydrogen (secondary N) is 2. The van der Waals surface area contributed by atoms with Crippen LogP contribution in [0.4, 0.5) is 5.69 Å². The second-order valence-corrected chi connectivity index (χ2v) is 8.66. The summed E-state index contributed by atoms with van der Waals surface area (Å²) in [5.41, 5.74) is 2.17. The van der Waals surface area contributed by atoms with Crippen molar-refractivity contribution in [1.82, 2.24) is 5.32 Å². The number of ketones is 1. The Morgan fingerprint density at radius 2 is 1.77 bits per heavy atom. The molecule has 0 aliphatic rings. The van der Waals surface area contributed by atoms with Crippen LogP contribution < -0.4 is 20.1 Å². The number of carbonyl (C=O) groups is 3. The van der Waals surface area contributed by atoms with Crippen molar-refractivity contribution in [2.45, 2.75) is 27.2 Å². The Bertz CT molecular complexity index is 1540. The summed E-state index contributed by atoms with van der Waals surface area (Å²) in [5.74, 6) is -0.924. The summed E-state index contributed by atoms with van der Waals surface area (Å²) in [6.45, 7) is 4.65. The summed E-state index contributed by atoms with van der Waals surface area (Å²) >= 11 is 0. The number of benzene rings is 2. The third-order valence-corrected chi connectivity index (χ3v) is 5.91. The Labute approximate surface area is 225 Å². The third-order valence-electron chi connectivity index (χ3n) is 5.91. The van der Waals surface area contributed by atoms with Crippen molar-refractivity contribution < 1.29 is 33.4 Å². The summed E-state index contributed by atoms with van der Waals surface area (Å²) in [5, 5.41) is 24.6. The van der Waals surface area contributed by atoms with Crippen molar-refractivity contribution in [2.24, 2.45) is 0 Å². The SMILES string of the molecule is COc1ccc(CCNC(=O)/C=C(\C)c2ccc3oc(C(C)=O)c(NC(=O)/C(C#N)=C(/C)O)c3c2)cc1OC. The number of fused-ring (bicyclic) bond motifs is 1. The highest BCUT2D eigenvalue weighted by Crippen LogP contribution is 2.34. The van der Waals surface area contributed by atoms with Gasteiger partial charge in [0.1, 0.15) is 17.4 Å². The molecule has 2 amide bonds. The minimum atomic E-state index is -0.880. The maximum atomic E-state index is 12.6. The van der Waals surface area contributed by atoms with Gasteiger partial charge in [-0.15, -0.1) is 0 Å². The summed E-state index contributed by atoms with van der Waals surface area (Å²) in [4.78, 5) is 37.3. The van der Waals surface area contributed by atoms with Gasteiger partial charge in [0.05, 0.1) is 19.9 Å². The fraction of sp³-hybridized carbons (Fsp3) is 0.241. The molecule has 3 aromatic rings. The standard InChI is InChI=1S/C29H29N3O7/c1-16(12-26(35)31-11-10-19-6-8-24(37-4)25(13-19)38-5)20-7-9-23-21(14-20)27(28(39-23)18(3)34)32-29(36)22(15-30)17(2)33/h6-9,12-14,33H,10-11H2,1-5H3,(H,31,35)(H,32,36)/b16-12+,22-17-. The van der Waals surface area contributed by atoms with Gasteiger partial charge in [-0.2, -0.15) is 5.26 Å². The number of rotatable bonds is 10. The molecule has 1 aromatic heterocycles. The van der Waals surface area contributed by atoms with Crippen molar-refractivity contribution in [3.8, 4) is 17.6 Å². The van der Waals surface area contributed by atoms with Crippen molar-refractivity contribution in [3.05, 3.63) is 70.7 Å². The number of nitriles is 1. The number of furan rings is 1. The van der Waals surface area contributed by atoms with E-state index in [1.54, 1.807) is 45.4 Å². The van der Waals surface area contributed by atoms with Gasteiger partial charge in [-0.3, -0.25) is 14.4 Å². The highest BCUT2D eigenvalue weighted by Gasteiger charge is 2.23. The minimum Gasteiger partial charge on any atom is -0.511 e. The summed E-state index contributed by atoms with van der Waals surface area (Å²) in [6.07, 6.45) is 2.04. The van der Waals surface area contributed by atoms with Crippen molar-refractivity contribution >= 4 is 39.8 Å². The first-order valence-electron chi connectivity index (χ1n) is 12.0. The first kappa shape index (κ1) is 28.5. The predicted molar refractivity (Wildman–Crippen MR) is 146 cm³/mol. The van der Waals surface area contributed by atoms with Crippen molar-refractivity contribution in [1.29, 1.82) is 5.26 Å². The van der Waals surface area contributed by atoms with Gasteiger partial charge in [-0.25, -0.2) is 0 Å². The molecular weight excluding hydrogens is 502 g/mol. The molecule has 1 heterocycles. The molecule has 3 N–H and O–H groups in total. The highest BCUT2D eigenvalue weighted by molar-refractivity contribution is 6.15. The number of allylic oxidation sites excluding steroid dienone is 2. The number of hydrogen-bond acceptors (Lipinski definition) is 8. The highest BCUT2D eigenvalue weighted by atomic mass is 16.5. The van der Waals surface area contributed by atoms with E-state index in [4.69, 9.17) is 13.9 Å². The van der Waals surface area contributed by atoms with Gasteiger partial charge in [0.2, 0.25) is 5.91 Å². The molecule has 3 rings (SSSR count). The average molecular weight is 532 g/mol. The number of anilines is 1. The molecule has 0 atom stereocenters. The number of hydrogen-bond donors (Lipinski definition) is 3. The van der Waals surface area contributed by atoms with E-state index >= 15 is 0 Å². The summed E-state index contributed by atoms with van der Waals surface area (Å²) in [6, 6.07) is 12.2. The van der Waals surface area contributed by atoms with E-state index in [-0.39, 0.29) is 17.4 Å². The molecule has 39 heavy (non-hydrogen) atoms. The Morgan fingerprint density at radius 1 is 1.05 bits per heavy atom. The van der Waals surface area contributed by atoms with Crippen LogP contribution in [0.15, 0.2) is 58.2 Å². The van der Waals surface area contributed by atoms with Crippen LogP contribution in [0.5, 0.6) is 11.5 Å². The van der Waals surface area contributed by atoms with Crippen LogP contribution in [-0.2, 0) is 16.0 Å². The summed E-state index contributed by atoms with van der Waals surface area (Å²) in [7, 11) is 3.13. The van der Waals surface area contributed by atoms with Gasteiger partial charge in [0.15, 0.2) is 28.6 Å². The quantitative estimate of drug-likeness (QED) is 0.147. The molecular formula is C29H29N3O7. The van der Waals surface area contributed by atoms with Crippen LogP contribution in [0.1, 0.15) is 42.5 Å². The van der Waals surface area contributed by atoms with E-state index < -0.39 is 23.0 Å². The van der Waals surface area contributed by atoms with Crippen LogP contribution in [0.25, 0.3) is 16.5 Å². The van der Waals surface area contributed by atoms with E-state index in [1.807, 2.05) is 18.2 Å². The van der Waals surface area contributed by atoms with E-state index in [0.29, 0.717) is 46.6 Å². The Kier molecular flexibility index (Phi) is 9.12. The lowest BCUT2D eigenvalue weighted by atomic mass is 10.0. The molecule has 0 saturated carbocycles. The van der Waals surface area contributed by atoms with Crippen molar-refractivity contribution in [2.75, 3.05) is 26.1 Å². The number of nitrogens with zero attached hydrogens (tertiary/aromatic N) is 1. The smallest absolute Gasteiger partial charge is 0.269 e. The fourth-order valence-corrected chi connectivity index (χ4v) is 3.88. The molecule has 0 aliphatic heterocycles. The average Bonchev–Trinajstić information content (AvgIpc) is 3.26. The maximum absolute atomic E-state index is 12.6. The molecule has 2 aromatic carbocycles. The van der Waals surface area contributed by atoms with Crippen LogP contribution in [0.3, 0.4) is 0 Å². The van der Waals surface area contributed by atoms with E-state index in [0.717, 1.165) is 5.56 Å². The molecule has 0 spiro atoms. The van der Waals surface area contributed by atoms with Crippen molar-refractivity contribution in [3.63, 3.8) is 0 Å². The number of ether oxygens (including phenoxy) is 2. The second kappa shape index (κ2) is 12.5. The van der Waals surface area contributed by atoms with Gasteiger partial charge >= 0.3 is 0 Å². The molecule has 202 valence electrons. The Balaban J connectivity index is 1.80. The lowest BCUT2D eigenvalue weighted by Crippen LogP contribution is -2.23. The zero-order valence-electron chi connectivity index (χ0n) is 22.3. The molecule has 10 nitrogen and oxygen atoms in total. The number of methoxy groups -OCH3 is 2. The molecule has 10 heteroatoms. The van der Waals surface area contributed by atoms with Gasteiger partial charge < -0.3 is 29.6 Å². The van der Waals surface area contributed by atoms with E-state index in [1.165, 1.54) is 19.9 Å². The van der Waals surface area contributed by atoms with Crippen LogP contribution in [-0.4, -0.2) is 43.5 Å². The number of aliphatic hydroxyl groups is 1. The molecule has 0 unspecified atom stereocenters. The van der Waals surface area contributed by atoms with E-state index in [2.05, 4.69) is 10.6 Å². The molecule has 0 aliphatic carbocycles. The topological polar surface area (TPSA) is 151 Å². The first-order chi connectivity index (χ1) is 18.6. The monoisotopic (exact) mass is 531 g/mol. The van der Waals surface area contributed by atoms with Gasteiger partial charge in [-0.05, 0) is 61.2 Å². The molecule has 0 saturated heterocycles. The second-order valence-electron chi connectivity index (χ2n) is 8.66. The first-order valence-corrected chi connectivity index (χ1v) is 12.0. The third kappa shape index (κ3) is 6.64. The van der Waals surface area contributed by atoms with E-state index in [9.17, 15) is 24.8 Å². The van der Waals surface area contributed by atoms with Gasteiger partial charge in [0, 0.05) is 24.9 Å². The van der Waals surface area contributed by atoms with Crippen LogP contribution in [0, 0.1) is 11.3 Å². The lowest BCUT2D eigenvalue weighted by molar-refractivity contribution is -0.116. The summed E-state index contributed by atoms with van der Waals surface area (Å²) < 4.78 is 16.2. The van der Waals surface area contributed by atoms with Gasteiger partial charge in [0.25, 0.3) is 5.91 Å². The number of Topliss-reactive ketones (excluding diaryl/α,β-unsaturated/α-hetero) is 1. The molecule has 0 bridgehead atoms. The fourth-order valence-electron chi connectivity index (χ4n) is 3.88. The Hall–Kier alpha value is -5.04. The zero-order chi connectivity index (χ0) is 28.7. The normalized spacial score (nSPS) is 11.8. The largest absolute Gasteiger partial charge is 0.511 e. The zero-order valence-corrected chi connectivity index (χ0v) is 22.3. The lowest BCUT2D eigenvalue weighted by Gasteiger charge is -2.10. The molecule has 0 radical (unpaired) electrons. The number of amides is 2. The predicted octanol–water partition coefficient (Wildman–Crippen LogP) is 4.71. The van der Waals surface area contributed by atoms with Crippen LogP contribution >= 0.6 is 0 Å². The Morgan fingerprint density at radius 3 is 2.38 bits per heavy atom. The van der Waals surface area contributed by atoms with Gasteiger partial charge in [-0.1, -0.05) is 12.1 Å². The maximum Gasteiger partial charge on any atom is 0.269 e. The van der Waals surface area contributed by atoms with Crippen LogP contribution in [0.2, 0.25) is 0 Å².